The molecule has 7 heteroatoms. The quantitative estimate of drug-likeness (QED) is 0.644. The first kappa shape index (κ1) is 20.3. The van der Waals surface area contributed by atoms with Gasteiger partial charge in [-0.3, -0.25) is 19.1 Å². The largest absolute Gasteiger partial charge is 0.326 e. The van der Waals surface area contributed by atoms with Crippen molar-refractivity contribution in [3.63, 3.8) is 0 Å². The molecule has 0 aliphatic heterocycles. The molecular weight excluding hydrogens is 368 g/mol. The Balaban J connectivity index is 1.57. The molecule has 2 amide bonds. The van der Waals surface area contributed by atoms with Crippen LogP contribution in [-0.2, 0) is 16.1 Å². The first-order valence-corrected chi connectivity index (χ1v) is 9.57. The number of carbonyl (C=O) groups excluding carboxylic acids is 2. The number of para-hydroxylation sites is 1. The van der Waals surface area contributed by atoms with Gasteiger partial charge in [-0.1, -0.05) is 26.0 Å². The van der Waals surface area contributed by atoms with Crippen molar-refractivity contribution in [1.29, 1.82) is 0 Å². The highest BCUT2D eigenvalue weighted by Crippen LogP contribution is 2.15. The number of benzene rings is 2. The van der Waals surface area contributed by atoms with E-state index >= 15 is 0 Å². The van der Waals surface area contributed by atoms with Crippen molar-refractivity contribution < 1.29 is 9.59 Å². The van der Waals surface area contributed by atoms with Crippen LogP contribution in [0.4, 0.5) is 11.4 Å². The summed E-state index contributed by atoms with van der Waals surface area (Å²) in [7, 11) is 0. The van der Waals surface area contributed by atoms with E-state index in [1.165, 1.54) is 6.20 Å². The minimum absolute atomic E-state index is 0.0300. The maximum atomic E-state index is 12.3. The third kappa shape index (κ3) is 5.51. The Morgan fingerprint density at radius 1 is 0.966 bits per heavy atom. The summed E-state index contributed by atoms with van der Waals surface area (Å²) >= 11 is 0. The van der Waals surface area contributed by atoms with Crippen LogP contribution in [0.3, 0.4) is 0 Å². The van der Waals surface area contributed by atoms with Crippen LogP contribution < -0.4 is 16.1 Å². The van der Waals surface area contributed by atoms with Crippen LogP contribution >= 0.6 is 0 Å². The molecule has 0 aliphatic rings. The highest BCUT2D eigenvalue weighted by molar-refractivity contribution is 5.93. The number of fused-ring (bicyclic) bond motifs is 1. The molecule has 0 radical (unpaired) electrons. The molecule has 0 bridgehead atoms. The van der Waals surface area contributed by atoms with E-state index in [1.807, 2.05) is 26.0 Å². The molecule has 0 fully saturated rings. The number of nitrogens with one attached hydrogen (secondary N) is 2. The third-order valence-corrected chi connectivity index (χ3v) is 4.36. The molecule has 1 aromatic heterocycles. The molecule has 150 valence electrons. The lowest BCUT2D eigenvalue weighted by atomic mass is 10.1. The average molecular weight is 392 g/mol. The van der Waals surface area contributed by atoms with Crippen LogP contribution in [-0.4, -0.2) is 21.6 Å². The van der Waals surface area contributed by atoms with Gasteiger partial charge in [-0.15, -0.1) is 0 Å². The number of amides is 2. The van der Waals surface area contributed by atoms with Crippen molar-refractivity contribution in [3.8, 4) is 0 Å². The summed E-state index contributed by atoms with van der Waals surface area (Å²) in [4.78, 5) is 36.0. The Morgan fingerprint density at radius 3 is 2.24 bits per heavy atom. The van der Waals surface area contributed by atoms with E-state index in [0.29, 0.717) is 41.2 Å². The van der Waals surface area contributed by atoms with Crippen molar-refractivity contribution in [2.75, 3.05) is 10.6 Å². The van der Waals surface area contributed by atoms with Crippen molar-refractivity contribution in [2.45, 2.75) is 33.2 Å². The predicted octanol–water partition coefficient (Wildman–Crippen LogP) is 3.41. The Labute approximate surface area is 168 Å². The fourth-order valence-electron chi connectivity index (χ4n) is 2.99. The Morgan fingerprint density at radius 2 is 1.59 bits per heavy atom. The number of rotatable bonds is 7. The Kier molecular flexibility index (Phi) is 6.39. The number of hydrogen-bond donors (Lipinski definition) is 2. The smallest absolute Gasteiger partial charge is 0.226 e. The predicted molar refractivity (Wildman–Crippen MR) is 114 cm³/mol. The number of aromatic nitrogens is 2. The fraction of sp³-hybridized carbons (Fsp3) is 0.273. The lowest BCUT2D eigenvalue weighted by Crippen LogP contribution is -2.18. The fourth-order valence-corrected chi connectivity index (χ4v) is 2.99. The molecule has 7 nitrogen and oxygen atoms in total. The van der Waals surface area contributed by atoms with Crippen LogP contribution in [0.15, 0.2) is 59.5 Å². The summed E-state index contributed by atoms with van der Waals surface area (Å²) in [6.45, 7) is 4.34. The van der Waals surface area contributed by atoms with E-state index in [2.05, 4.69) is 15.7 Å². The van der Waals surface area contributed by atoms with Crippen LogP contribution in [0, 0.1) is 5.92 Å². The SMILES string of the molecule is CC(C)CC(=O)Nc1ccc(NC(=O)CCn2ncc(=O)c3ccccc32)cc1. The number of nitrogens with zero attached hydrogens (tertiary/aromatic N) is 2. The normalized spacial score (nSPS) is 10.9. The molecule has 1 heterocycles. The van der Waals surface area contributed by atoms with Gasteiger partial charge in [0.2, 0.25) is 17.2 Å². The molecule has 2 N–H and O–H groups in total. The second-order valence-electron chi connectivity index (χ2n) is 7.27. The summed E-state index contributed by atoms with van der Waals surface area (Å²) < 4.78 is 1.66. The summed E-state index contributed by atoms with van der Waals surface area (Å²) in [6, 6.07) is 14.2. The van der Waals surface area contributed by atoms with Crippen LogP contribution in [0.25, 0.3) is 10.9 Å². The summed E-state index contributed by atoms with van der Waals surface area (Å²) in [6.07, 6.45) is 1.95. The van der Waals surface area contributed by atoms with Gasteiger partial charge in [-0.05, 0) is 42.3 Å². The van der Waals surface area contributed by atoms with Gasteiger partial charge in [0.25, 0.3) is 0 Å². The second kappa shape index (κ2) is 9.14. The zero-order valence-corrected chi connectivity index (χ0v) is 16.5. The Hall–Kier alpha value is -3.48. The zero-order chi connectivity index (χ0) is 20.8. The van der Waals surface area contributed by atoms with E-state index in [-0.39, 0.29) is 23.7 Å². The number of anilines is 2. The van der Waals surface area contributed by atoms with E-state index in [0.717, 1.165) is 0 Å². The van der Waals surface area contributed by atoms with E-state index in [4.69, 9.17) is 0 Å². The number of carbonyl (C=O) groups is 2. The monoisotopic (exact) mass is 392 g/mol. The van der Waals surface area contributed by atoms with Gasteiger partial charge in [0.05, 0.1) is 18.3 Å². The standard InChI is InChI=1S/C22H24N4O3/c1-15(2)13-22(29)25-17-9-7-16(8-10-17)24-21(28)11-12-26-19-6-4-3-5-18(19)20(27)14-23-26/h3-10,14-15H,11-13H2,1-2H3,(H,24,28)(H,25,29). The van der Waals surface area contributed by atoms with Crippen molar-refractivity contribution in [2.24, 2.45) is 5.92 Å². The molecule has 0 saturated carbocycles. The number of hydrogen-bond acceptors (Lipinski definition) is 4. The molecule has 2 aromatic carbocycles. The van der Waals surface area contributed by atoms with E-state index in [1.54, 1.807) is 41.1 Å². The van der Waals surface area contributed by atoms with Gasteiger partial charge < -0.3 is 10.6 Å². The molecule has 0 saturated heterocycles. The molecule has 0 unspecified atom stereocenters. The first-order chi connectivity index (χ1) is 13.9. The van der Waals surface area contributed by atoms with Gasteiger partial charge >= 0.3 is 0 Å². The second-order valence-corrected chi connectivity index (χ2v) is 7.27. The minimum atomic E-state index is -0.161. The minimum Gasteiger partial charge on any atom is -0.326 e. The van der Waals surface area contributed by atoms with Crippen molar-refractivity contribution in [1.82, 2.24) is 9.78 Å². The van der Waals surface area contributed by atoms with Crippen molar-refractivity contribution >= 4 is 34.1 Å². The van der Waals surface area contributed by atoms with Crippen molar-refractivity contribution in [3.05, 3.63) is 65.0 Å². The van der Waals surface area contributed by atoms with Crippen LogP contribution in [0.2, 0.25) is 0 Å². The maximum Gasteiger partial charge on any atom is 0.226 e. The van der Waals surface area contributed by atoms with Gasteiger partial charge in [-0.2, -0.15) is 5.10 Å². The van der Waals surface area contributed by atoms with Gasteiger partial charge in [-0.25, -0.2) is 0 Å². The van der Waals surface area contributed by atoms with E-state index < -0.39 is 0 Å². The molecule has 29 heavy (non-hydrogen) atoms. The van der Waals surface area contributed by atoms with E-state index in [9.17, 15) is 14.4 Å². The van der Waals surface area contributed by atoms with Crippen LogP contribution in [0.5, 0.6) is 0 Å². The highest BCUT2D eigenvalue weighted by Gasteiger charge is 2.08. The molecular formula is C22H24N4O3. The Bertz CT molecular complexity index is 1070. The van der Waals surface area contributed by atoms with Gasteiger partial charge in [0.1, 0.15) is 0 Å². The summed E-state index contributed by atoms with van der Waals surface area (Å²) in [5.41, 5.74) is 1.91. The van der Waals surface area contributed by atoms with Crippen LogP contribution in [0.1, 0.15) is 26.7 Å². The third-order valence-electron chi connectivity index (χ3n) is 4.36. The molecule has 0 atom stereocenters. The molecule has 3 aromatic rings. The summed E-state index contributed by atoms with van der Waals surface area (Å²) in [5.74, 6) is 0.103. The summed E-state index contributed by atoms with van der Waals surface area (Å²) in [5, 5.41) is 10.4. The van der Waals surface area contributed by atoms with Gasteiger partial charge in [0, 0.05) is 29.6 Å². The zero-order valence-electron chi connectivity index (χ0n) is 16.5. The molecule has 3 rings (SSSR count). The average Bonchev–Trinajstić information content (AvgIpc) is 2.68. The van der Waals surface area contributed by atoms with Gasteiger partial charge in [0.15, 0.2) is 0 Å². The first-order valence-electron chi connectivity index (χ1n) is 9.57. The lowest BCUT2D eigenvalue weighted by Gasteiger charge is -2.10. The number of aryl methyl sites for hydroxylation is 1. The molecule has 0 spiro atoms. The highest BCUT2D eigenvalue weighted by atomic mass is 16.2. The maximum absolute atomic E-state index is 12.3. The molecule has 0 aliphatic carbocycles. The lowest BCUT2D eigenvalue weighted by molar-refractivity contribution is -0.117. The topological polar surface area (TPSA) is 93.1 Å².